The van der Waals surface area contributed by atoms with E-state index in [2.05, 4.69) is 10.3 Å². The molecule has 1 aliphatic rings. The average Bonchev–Trinajstić information content (AvgIpc) is 2.19. The van der Waals surface area contributed by atoms with E-state index in [1.807, 2.05) is 0 Å². The molecule has 0 aromatic heterocycles. The van der Waals surface area contributed by atoms with Gasteiger partial charge in [-0.3, -0.25) is 10.1 Å². The number of nitrogens with zero attached hydrogens (tertiary/aromatic N) is 3. The van der Waals surface area contributed by atoms with Gasteiger partial charge in [0, 0.05) is 0 Å². The number of carbonyl (C=O) groups is 1. The first-order valence-corrected chi connectivity index (χ1v) is 2.98. The molecule has 0 saturated heterocycles. The molecule has 0 aromatic carbocycles. The van der Waals surface area contributed by atoms with E-state index >= 15 is 0 Å². The zero-order chi connectivity index (χ0) is 8.43. The molecule has 0 saturated carbocycles. The summed E-state index contributed by atoms with van der Waals surface area (Å²) in [6, 6.07) is -0.490. The van der Waals surface area contributed by atoms with Gasteiger partial charge in [-0.2, -0.15) is 5.26 Å². The second-order valence-corrected chi connectivity index (χ2v) is 2.07. The number of amides is 1. The fourth-order valence-corrected chi connectivity index (χ4v) is 0.749. The molecule has 0 fully saturated rings. The number of hydrazine groups is 1. The third kappa shape index (κ3) is 1.13. The molecular formula is C5H7N5O. The molecular weight excluding hydrogens is 146 g/mol. The lowest BCUT2D eigenvalue weighted by atomic mass is 10.4. The summed E-state index contributed by atoms with van der Waals surface area (Å²) in [4.78, 5) is 14.7. The monoisotopic (exact) mass is 153 g/mol. The fraction of sp³-hybridized carbons (Fsp3) is 0.400. The van der Waals surface area contributed by atoms with Gasteiger partial charge in [0.1, 0.15) is 6.04 Å². The minimum Gasteiger partial charge on any atom is -0.270 e. The zero-order valence-corrected chi connectivity index (χ0v) is 5.90. The standard InChI is InChI=1S/C5H7N5O/c1-3-4(11)10(7)5(9-3)8-2-6/h3H,7H2,1H3,(H,8,9). The van der Waals surface area contributed by atoms with Crippen LogP contribution in [0.2, 0.25) is 0 Å². The summed E-state index contributed by atoms with van der Waals surface area (Å²) in [5.41, 5.74) is 0. The van der Waals surface area contributed by atoms with Gasteiger partial charge in [-0.05, 0) is 6.92 Å². The van der Waals surface area contributed by atoms with Crippen LogP contribution in [0.15, 0.2) is 4.99 Å². The van der Waals surface area contributed by atoms with Crippen LogP contribution in [0.4, 0.5) is 0 Å². The summed E-state index contributed by atoms with van der Waals surface area (Å²) in [5.74, 6) is 5.02. The molecule has 3 N–H and O–H groups in total. The van der Waals surface area contributed by atoms with Crippen LogP contribution in [0.3, 0.4) is 0 Å². The van der Waals surface area contributed by atoms with E-state index in [9.17, 15) is 4.79 Å². The van der Waals surface area contributed by atoms with Crippen LogP contribution in [0.5, 0.6) is 0 Å². The summed E-state index contributed by atoms with van der Waals surface area (Å²) in [6.07, 6.45) is 1.63. The van der Waals surface area contributed by atoms with E-state index in [1.54, 1.807) is 13.1 Å². The van der Waals surface area contributed by atoms with Crippen LogP contribution in [0.25, 0.3) is 0 Å². The van der Waals surface area contributed by atoms with Gasteiger partial charge in [0.2, 0.25) is 5.96 Å². The molecule has 1 aliphatic heterocycles. The van der Waals surface area contributed by atoms with Gasteiger partial charge in [0.15, 0.2) is 6.19 Å². The van der Waals surface area contributed by atoms with E-state index in [1.165, 1.54) is 0 Å². The van der Waals surface area contributed by atoms with Gasteiger partial charge in [-0.15, -0.1) is 0 Å². The van der Waals surface area contributed by atoms with E-state index in [-0.39, 0.29) is 11.9 Å². The Balaban J connectivity index is 2.77. The number of carbonyl (C=O) groups excluding carboxylic acids is 1. The Hall–Kier alpha value is -1.61. The predicted octanol–water partition coefficient (Wildman–Crippen LogP) is -1.48. The maximum atomic E-state index is 10.9. The maximum absolute atomic E-state index is 10.9. The van der Waals surface area contributed by atoms with E-state index in [4.69, 9.17) is 11.1 Å². The topological polar surface area (TPSA) is 94.5 Å². The van der Waals surface area contributed by atoms with E-state index in [0.29, 0.717) is 0 Å². The lowest BCUT2D eigenvalue weighted by molar-refractivity contribution is -0.127. The highest BCUT2D eigenvalue weighted by Gasteiger charge is 2.28. The van der Waals surface area contributed by atoms with Crippen molar-refractivity contribution in [3.8, 4) is 6.19 Å². The summed E-state index contributed by atoms with van der Waals surface area (Å²) in [5, 5.41) is 11.2. The maximum Gasteiger partial charge on any atom is 0.268 e. The van der Waals surface area contributed by atoms with Crippen LogP contribution in [-0.4, -0.2) is 22.9 Å². The summed E-state index contributed by atoms with van der Waals surface area (Å²) < 4.78 is 0. The Labute approximate surface area is 63.3 Å². The first-order valence-electron chi connectivity index (χ1n) is 2.98. The van der Waals surface area contributed by atoms with E-state index < -0.39 is 6.04 Å². The van der Waals surface area contributed by atoms with Crippen LogP contribution < -0.4 is 11.2 Å². The summed E-state index contributed by atoms with van der Waals surface area (Å²) in [6.45, 7) is 1.61. The Morgan fingerprint density at radius 2 is 2.55 bits per heavy atom. The van der Waals surface area contributed by atoms with E-state index in [0.717, 1.165) is 5.01 Å². The molecule has 6 nitrogen and oxygen atoms in total. The van der Waals surface area contributed by atoms with Crippen molar-refractivity contribution >= 4 is 11.9 Å². The molecule has 0 spiro atoms. The Morgan fingerprint density at radius 1 is 1.91 bits per heavy atom. The molecule has 1 rings (SSSR count). The molecule has 1 atom stereocenters. The normalized spacial score (nSPS) is 23.0. The highest BCUT2D eigenvalue weighted by Crippen LogP contribution is 2.03. The SMILES string of the molecule is CC1N=C(NC#N)N(N)C1=O. The van der Waals surface area contributed by atoms with Crippen LogP contribution in [-0.2, 0) is 4.79 Å². The van der Waals surface area contributed by atoms with Crippen molar-refractivity contribution in [3.63, 3.8) is 0 Å². The van der Waals surface area contributed by atoms with Gasteiger partial charge in [0.25, 0.3) is 5.91 Å². The number of nitrogens with two attached hydrogens (primary N) is 1. The molecule has 0 aliphatic carbocycles. The highest BCUT2D eigenvalue weighted by molar-refractivity contribution is 6.04. The minimum absolute atomic E-state index is 0.102. The molecule has 6 heteroatoms. The van der Waals surface area contributed by atoms with Gasteiger partial charge in [0.05, 0.1) is 0 Å². The molecule has 0 bridgehead atoms. The fourth-order valence-electron chi connectivity index (χ4n) is 0.749. The van der Waals surface area contributed by atoms with Crippen LogP contribution >= 0.6 is 0 Å². The van der Waals surface area contributed by atoms with Crippen molar-refractivity contribution in [3.05, 3.63) is 0 Å². The number of guanidine groups is 1. The number of aliphatic imine (C=N–C) groups is 1. The lowest BCUT2D eigenvalue weighted by Gasteiger charge is -2.08. The molecule has 1 unspecified atom stereocenters. The quantitative estimate of drug-likeness (QED) is 0.192. The van der Waals surface area contributed by atoms with Crippen molar-refractivity contribution in [1.29, 1.82) is 5.26 Å². The number of hydrogen-bond acceptors (Lipinski definition) is 5. The summed E-state index contributed by atoms with van der Waals surface area (Å²) >= 11 is 0. The van der Waals surface area contributed by atoms with Gasteiger partial charge in [-0.1, -0.05) is 0 Å². The third-order valence-electron chi connectivity index (χ3n) is 1.31. The highest BCUT2D eigenvalue weighted by atomic mass is 16.2. The largest absolute Gasteiger partial charge is 0.270 e. The number of nitriles is 1. The summed E-state index contributed by atoms with van der Waals surface area (Å²) in [7, 11) is 0. The molecule has 11 heavy (non-hydrogen) atoms. The zero-order valence-electron chi connectivity index (χ0n) is 5.90. The number of rotatable bonds is 0. The molecule has 58 valence electrons. The number of hydrogen-bond donors (Lipinski definition) is 2. The van der Waals surface area contributed by atoms with Crippen molar-refractivity contribution in [2.24, 2.45) is 10.8 Å². The van der Waals surface area contributed by atoms with Gasteiger partial charge < -0.3 is 0 Å². The van der Waals surface area contributed by atoms with Crippen molar-refractivity contribution in [1.82, 2.24) is 10.3 Å². The minimum atomic E-state index is -0.490. The molecule has 1 amide bonds. The van der Waals surface area contributed by atoms with Crippen LogP contribution in [0, 0.1) is 11.5 Å². The smallest absolute Gasteiger partial charge is 0.268 e. The molecule has 1 heterocycles. The van der Waals surface area contributed by atoms with Crippen molar-refractivity contribution < 1.29 is 4.79 Å². The Morgan fingerprint density at radius 3 is 2.91 bits per heavy atom. The van der Waals surface area contributed by atoms with Gasteiger partial charge >= 0.3 is 0 Å². The van der Waals surface area contributed by atoms with Crippen molar-refractivity contribution in [2.45, 2.75) is 13.0 Å². The van der Waals surface area contributed by atoms with Gasteiger partial charge in [-0.25, -0.2) is 15.8 Å². The Bertz CT molecular complexity index is 252. The van der Waals surface area contributed by atoms with Crippen LogP contribution in [0.1, 0.15) is 6.92 Å². The average molecular weight is 153 g/mol. The second kappa shape index (κ2) is 2.56. The molecule has 0 radical (unpaired) electrons. The lowest BCUT2D eigenvalue weighted by Crippen LogP contribution is -2.45. The second-order valence-electron chi connectivity index (χ2n) is 2.07. The predicted molar refractivity (Wildman–Crippen MR) is 36.7 cm³/mol. The first-order chi connectivity index (χ1) is 5.16. The third-order valence-corrected chi connectivity index (χ3v) is 1.31. The first kappa shape index (κ1) is 7.50. The molecule has 0 aromatic rings. The number of nitrogens with one attached hydrogen (secondary N) is 1. The van der Waals surface area contributed by atoms with Crippen molar-refractivity contribution in [2.75, 3.05) is 0 Å². The Kier molecular flexibility index (Phi) is 1.74.